The van der Waals surface area contributed by atoms with Crippen LogP contribution in [0.4, 0.5) is 0 Å². The number of carbonyl (C=O) groups is 1. The number of hydrogen-bond donors (Lipinski definition) is 1. The molecule has 4 unspecified atom stereocenters. The maximum absolute atomic E-state index is 12.6. The maximum atomic E-state index is 12.6. The minimum absolute atomic E-state index is 0.0756. The lowest BCUT2D eigenvalue weighted by Gasteiger charge is -2.31. The molecule has 5 heteroatoms. The summed E-state index contributed by atoms with van der Waals surface area (Å²) in [6.45, 7) is 10.6. The number of amides is 1. The second kappa shape index (κ2) is 7.55. The van der Waals surface area contributed by atoms with Gasteiger partial charge in [-0.15, -0.1) is 0 Å². The van der Waals surface area contributed by atoms with Crippen LogP contribution in [-0.4, -0.2) is 45.3 Å². The highest BCUT2D eigenvalue weighted by atomic mass is 32.2. The molecule has 118 valence electrons. The summed E-state index contributed by atoms with van der Waals surface area (Å²) in [5, 5.41) is 3.49. The van der Waals surface area contributed by atoms with Gasteiger partial charge < -0.3 is 4.90 Å². The number of rotatable bonds is 7. The van der Waals surface area contributed by atoms with Gasteiger partial charge in [0.05, 0.1) is 12.2 Å². The Labute approximate surface area is 126 Å². The zero-order chi connectivity index (χ0) is 15.4. The molecule has 0 aliphatic carbocycles. The van der Waals surface area contributed by atoms with Crippen LogP contribution in [0.25, 0.3) is 0 Å². The molecule has 0 spiro atoms. The van der Waals surface area contributed by atoms with Crippen molar-refractivity contribution in [1.82, 2.24) is 10.2 Å². The van der Waals surface area contributed by atoms with Gasteiger partial charge >= 0.3 is 0 Å². The highest BCUT2D eigenvalue weighted by Gasteiger charge is 2.42. The number of nitrogens with zero attached hydrogens (tertiary/aromatic N) is 1. The van der Waals surface area contributed by atoms with Crippen LogP contribution in [0.2, 0.25) is 0 Å². The second-order valence-corrected chi connectivity index (χ2v) is 8.25. The highest BCUT2D eigenvalue weighted by Crippen LogP contribution is 2.24. The first-order valence-corrected chi connectivity index (χ1v) is 9.35. The van der Waals surface area contributed by atoms with Crippen molar-refractivity contribution in [3.8, 4) is 0 Å². The van der Waals surface area contributed by atoms with Crippen LogP contribution in [0.1, 0.15) is 47.5 Å². The maximum Gasteiger partial charge on any atom is 0.241 e. The lowest BCUT2D eigenvalue weighted by atomic mass is 10.0. The Kier molecular flexibility index (Phi) is 6.65. The molecule has 1 aliphatic rings. The molecule has 0 radical (unpaired) electrons. The summed E-state index contributed by atoms with van der Waals surface area (Å²) >= 11 is 0. The van der Waals surface area contributed by atoms with E-state index in [4.69, 9.17) is 0 Å². The standard InChI is InChI=1S/C15H30N2O2S/c1-10(2)9-13-16-14(11(3)4)15(18)17(13)12(5)7-8-20(6)19/h10-14,16H,7-9H2,1-6H3. The molecule has 1 rings (SSSR count). The Morgan fingerprint density at radius 2 is 1.85 bits per heavy atom. The van der Waals surface area contributed by atoms with Gasteiger partial charge in [0.1, 0.15) is 0 Å². The minimum Gasteiger partial charge on any atom is -0.323 e. The van der Waals surface area contributed by atoms with Crippen molar-refractivity contribution in [2.45, 2.75) is 65.7 Å². The average Bonchev–Trinajstić information content (AvgIpc) is 2.62. The van der Waals surface area contributed by atoms with Gasteiger partial charge in [-0.3, -0.25) is 14.3 Å². The third-order valence-electron chi connectivity index (χ3n) is 3.89. The molecule has 1 saturated heterocycles. The van der Waals surface area contributed by atoms with Gasteiger partial charge in [0.2, 0.25) is 5.91 Å². The summed E-state index contributed by atoms with van der Waals surface area (Å²) in [6.07, 6.45) is 3.61. The normalized spacial score (nSPS) is 26.6. The number of nitrogens with one attached hydrogen (secondary N) is 1. The molecule has 0 bridgehead atoms. The SMILES string of the molecule is CC(C)CC1NC(C(C)C)C(=O)N1C(C)CCS(C)=O. The highest BCUT2D eigenvalue weighted by molar-refractivity contribution is 7.84. The molecule has 20 heavy (non-hydrogen) atoms. The van der Waals surface area contributed by atoms with E-state index < -0.39 is 10.8 Å². The summed E-state index contributed by atoms with van der Waals surface area (Å²) in [5.74, 6) is 1.71. The molecule has 1 N–H and O–H groups in total. The Balaban J connectivity index is 2.80. The van der Waals surface area contributed by atoms with E-state index in [0.29, 0.717) is 17.6 Å². The van der Waals surface area contributed by atoms with Crippen molar-refractivity contribution in [2.75, 3.05) is 12.0 Å². The fourth-order valence-electron chi connectivity index (χ4n) is 2.78. The van der Waals surface area contributed by atoms with Crippen LogP contribution < -0.4 is 5.32 Å². The van der Waals surface area contributed by atoms with Crippen molar-refractivity contribution in [3.63, 3.8) is 0 Å². The van der Waals surface area contributed by atoms with Crippen LogP contribution in [0.5, 0.6) is 0 Å². The van der Waals surface area contributed by atoms with Crippen LogP contribution in [0, 0.1) is 11.8 Å². The van der Waals surface area contributed by atoms with E-state index >= 15 is 0 Å². The molecular weight excluding hydrogens is 272 g/mol. The molecule has 4 nitrogen and oxygen atoms in total. The molecule has 4 atom stereocenters. The van der Waals surface area contributed by atoms with Gasteiger partial charge in [0.25, 0.3) is 0 Å². The lowest BCUT2D eigenvalue weighted by molar-refractivity contribution is -0.132. The summed E-state index contributed by atoms with van der Waals surface area (Å²) in [6, 6.07) is 0.0692. The van der Waals surface area contributed by atoms with Crippen LogP contribution in [0.3, 0.4) is 0 Å². The summed E-state index contributed by atoms with van der Waals surface area (Å²) in [5.41, 5.74) is 0. The first-order valence-electron chi connectivity index (χ1n) is 7.62. The second-order valence-electron chi connectivity index (χ2n) is 6.69. The first kappa shape index (κ1) is 17.6. The molecule has 1 fully saturated rings. The van der Waals surface area contributed by atoms with Gasteiger partial charge in [0, 0.05) is 28.9 Å². The average molecular weight is 302 g/mol. The number of hydrogen-bond acceptors (Lipinski definition) is 3. The van der Waals surface area contributed by atoms with Crippen molar-refractivity contribution in [3.05, 3.63) is 0 Å². The first-order chi connectivity index (χ1) is 9.23. The van der Waals surface area contributed by atoms with E-state index in [2.05, 4.69) is 39.9 Å². The van der Waals surface area contributed by atoms with E-state index in [-0.39, 0.29) is 24.2 Å². The zero-order valence-corrected chi connectivity index (χ0v) is 14.5. The quantitative estimate of drug-likeness (QED) is 0.782. The van der Waals surface area contributed by atoms with Gasteiger partial charge in [-0.1, -0.05) is 27.7 Å². The molecule has 1 amide bonds. The molecule has 1 aliphatic heterocycles. The third kappa shape index (κ3) is 4.55. The van der Waals surface area contributed by atoms with Gasteiger partial charge in [0.15, 0.2) is 0 Å². The Hall–Kier alpha value is -0.420. The van der Waals surface area contributed by atoms with E-state index in [1.165, 1.54) is 0 Å². The van der Waals surface area contributed by atoms with Gasteiger partial charge in [-0.2, -0.15) is 0 Å². The monoisotopic (exact) mass is 302 g/mol. The lowest BCUT2D eigenvalue weighted by Crippen LogP contribution is -2.44. The van der Waals surface area contributed by atoms with Crippen LogP contribution in [0.15, 0.2) is 0 Å². The molecular formula is C15H30N2O2S. The Morgan fingerprint density at radius 3 is 2.30 bits per heavy atom. The zero-order valence-electron chi connectivity index (χ0n) is 13.7. The summed E-state index contributed by atoms with van der Waals surface area (Å²) < 4.78 is 11.3. The van der Waals surface area contributed by atoms with E-state index in [1.54, 1.807) is 6.26 Å². The third-order valence-corrected chi connectivity index (χ3v) is 4.70. The molecule has 0 saturated carbocycles. The van der Waals surface area contributed by atoms with E-state index in [1.807, 2.05) is 4.90 Å². The summed E-state index contributed by atoms with van der Waals surface area (Å²) in [7, 11) is -0.795. The predicted molar refractivity (Wildman–Crippen MR) is 84.9 cm³/mol. The largest absolute Gasteiger partial charge is 0.323 e. The fourth-order valence-corrected chi connectivity index (χ4v) is 3.45. The van der Waals surface area contributed by atoms with Crippen LogP contribution >= 0.6 is 0 Å². The molecule has 0 aromatic heterocycles. The Morgan fingerprint density at radius 1 is 1.25 bits per heavy atom. The van der Waals surface area contributed by atoms with E-state index in [0.717, 1.165) is 12.8 Å². The molecule has 0 aromatic rings. The van der Waals surface area contributed by atoms with Crippen molar-refractivity contribution in [1.29, 1.82) is 0 Å². The fraction of sp³-hybridized carbons (Fsp3) is 0.933. The predicted octanol–water partition coefficient (Wildman–Crippen LogP) is 1.97. The molecule has 0 aromatic carbocycles. The smallest absolute Gasteiger partial charge is 0.241 e. The van der Waals surface area contributed by atoms with Crippen molar-refractivity contribution >= 4 is 16.7 Å². The van der Waals surface area contributed by atoms with Crippen LogP contribution in [-0.2, 0) is 15.6 Å². The number of carbonyl (C=O) groups excluding carboxylic acids is 1. The van der Waals surface area contributed by atoms with Crippen molar-refractivity contribution < 1.29 is 9.00 Å². The topological polar surface area (TPSA) is 49.4 Å². The summed E-state index contributed by atoms with van der Waals surface area (Å²) in [4.78, 5) is 14.6. The van der Waals surface area contributed by atoms with Gasteiger partial charge in [-0.25, -0.2) is 0 Å². The minimum atomic E-state index is -0.795. The van der Waals surface area contributed by atoms with Crippen molar-refractivity contribution in [2.24, 2.45) is 11.8 Å². The molecule has 1 heterocycles. The van der Waals surface area contributed by atoms with E-state index in [9.17, 15) is 9.00 Å². The Bertz CT molecular complexity index is 358. The van der Waals surface area contributed by atoms with Gasteiger partial charge in [-0.05, 0) is 31.6 Å².